The number of amides is 1. The number of hydrazone groups is 1. The highest BCUT2D eigenvalue weighted by atomic mass is 79.9. The molecule has 7 heteroatoms. The van der Waals surface area contributed by atoms with Gasteiger partial charge in [-0.15, -0.1) is 0 Å². The first-order chi connectivity index (χ1) is 14.2. The summed E-state index contributed by atoms with van der Waals surface area (Å²) >= 11 is 3.34. The predicted molar refractivity (Wildman–Crippen MR) is 123 cm³/mol. The van der Waals surface area contributed by atoms with Crippen LogP contribution in [0.1, 0.15) is 38.8 Å². The van der Waals surface area contributed by atoms with Crippen LogP contribution in [0, 0.1) is 5.82 Å². The second kappa shape index (κ2) is 9.00. The standard InChI is InChI=1S/C23H25BrFN3O2/c1-5-28-21-11-20(25)16(10-19(21)15(2)12-23(28,3)4)13-26-27-22(29)14-30-18-8-6-17(24)7-9-18/h6-13H,5,14H2,1-4H3,(H,27,29)/b26-13-. The number of hydrogen-bond acceptors (Lipinski definition) is 4. The summed E-state index contributed by atoms with van der Waals surface area (Å²) in [5.41, 5.74) is 5.41. The van der Waals surface area contributed by atoms with E-state index in [2.05, 4.69) is 58.2 Å². The van der Waals surface area contributed by atoms with Crippen LogP contribution in [0.5, 0.6) is 5.75 Å². The number of nitrogens with zero attached hydrogens (tertiary/aromatic N) is 2. The highest BCUT2D eigenvalue weighted by Crippen LogP contribution is 2.39. The Morgan fingerprint density at radius 2 is 2.00 bits per heavy atom. The number of rotatable bonds is 6. The van der Waals surface area contributed by atoms with Gasteiger partial charge in [0.25, 0.3) is 5.91 Å². The minimum atomic E-state index is -0.428. The normalized spacial score (nSPS) is 15.0. The van der Waals surface area contributed by atoms with E-state index >= 15 is 0 Å². The van der Waals surface area contributed by atoms with E-state index in [0.29, 0.717) is 11.3 Å². The molecule has 0 aliphatic carbocycles. The predicted octanol–water partition coefficient (Wildman–Crippen LogP) is 5.14. The number of nitrogens with one attached hydrogen (secondary N) is 1. The fraction of sp³-hybridized carbons (Fsp3) is 0.304. The topological polar surface area (TPSA) is 53.9 Å². The second-order valence-electron chi connectivity index (χ2n) is 7.65. The molecular formula is C23H25BrFN3O2. The average Bonchev–Trinajstić information content (AvgIpc) is 2.68. The second-order valence-corrected chi connectivity index (χ2v) is 8.57. The fourth-order valence-electron chi connectivity index (χ4n) is 3.68. The Hall–Kier alpha value is -2.67. The summed E-state index contributed by atoms with van der Waals surface area (Å²) in [6, 6.07) is 10.4. The summed E-state index contributed by atoms with van der Waals surface area (Å²) in [6.07, 6.45) is 3.50. The minimum Gasteiger partial charge on any atom is -0.484 e. The van der Waals surface area contributed by atoms with Gasteiger partial charge in [0, 0.05) is 27.8 Å². The smallest absolute Gasteiger partial charge is 0.277 e. The van der Waals surface area contributed by atoms with Gasteiger partial charge in [-0.3, -0.25) is 4.79 Å². The van der Waals surface area contributed by atoms with Gasteiger partial charge in [0.15, 0.2) is 6.61 Å². The number of likely N-dealkylation sites (N-methyl/N-ethyl adjacent to an activating group) is 1. The summed E-state index contributed by atoms with van der Waals surface area (Å²) in [5, 5.41) is 3.89. The van der Waals surface area contributed by atoms with Gasteiger partial charge in [-0.2, -0.15) is 5.10 Å². The highest BCUT2D eigenvalue weighted by molar-refractivity contribution is 9.10. The number of carbonyl (C=O) groups excluding carboxylic acids is 1. The van der Waals surface area contributed by atoms with Gasteiger partial charge in [-0.25, -0.2) is 9.82 Å². The van der Waals surface area contributed by atoms with Gasteiger partial charge < -0.3 is 9.64 Å². The van der Waals surface area contributed by atoms with Crippen LogP contribution in [-0.2, 0) is 4.79 Å². The summed E-state index contributed by atoms with van der Waals surface area (Å²) in [7, 11) is 0. The first kappa shape index (κ1) is 22.0. The molecule has 1 N–H and O–H groups in total. The molecule has 0 fully saturated rings. The van der Waals surface area contributed by atoms with Crippen molar-refractivity contribution in [2.45, 2.75) is 33.2 Å². The molecule has 0 saturated heterocycles. The molecule has 1 heterocycles. The lowest BCUT2D eigenvalue weighted by atomic mass is 9.88. The largest absolute Gasteiger partial charge is 0.484 e. The Bertz CT molecular complexity index is 1000. The number of fused-ring (bicyclic) bond motifs is 1. The van der Waals surface area contributed by atoms with Gasteiger partial charge >= 0.3 is 0 Å². The fourth-order valence-corrected chi connectivity index (χ4v) is 3.94. The van der Waals surface area contributed by atoms with E-state index in [0.717, 1.165) is 27.8 Å². The van der Waals surface area contributed by atoms with Crippen LogP contribution in [0.4, 0.5) is 10.1 Å². The average molecular weight is 474 g/mol. The quantitative estimate of drug-likeness (QED) is 0.466. The molecule has 1 amide bonds. The molecule has 0 bridgehead atoms. The Labute approximate surface area is 184 Å². The first-order valence-electron chi connectivity index (χ1n) is 9.72. The van der Waals surface area contributed by atoms with Gasteiger partial charge in [-0.1, -0.05) is 22.0 Å². The van der Waals surface area contributed by atoms with Crippen LogP contribution < -0.4 is 15.1 Å². The van der Waals surface area contributed by atoms with Crippen molar-refractivity contribution in [3.63, 3.8) is 0 Å². The maximum atomic E-state index is 14.7. The summed E-state index contributed by atoms with van der Waals surface area (Å²) in [6.45, 7) is 8.89. The van der Waals surface area contributed by atoms with E-state index < -0.39 is 5.91 Å². The summed E-state index contributed by atoms with van der Waals surface area (Å²) in [5.74, 6) is -0.243. The molecule has 0 spiro atoms. The molecule has 1 aliphatic heterocycles. The number of benzene rings is 2. The lowest BCUT2D eigenvalue weighted by Crippen LogP contribution is -2.45. The molecule has 0 aromatic heterocycles. The van der Waals surface area contributed by atoms with Crippen LogP contribution in [0.25, 0.3) is 5.57 Å². The van der Waals surface area contributed by atoms with Crippen molar-refractivity contribution in [1.29, 1.82) is 0 Å². The van der Waals surface area contributed by atoms with Crippen LogP contribution >= 0.6 is 15.9 Å². The number of anilines is 1. The van der Waals surface area contributed by atoms with Crippen molar-refractivity contribution < 1.29 is 13.9 Å². The molecule has 0 saturated carbocycles. The first-order valence-corrected chi connectivity index (χ1v) is 10.5. The lowest BCUT2D eigenvalue weighted by Gasteiger charge is -2.42. The molecular weight excluding hydrogens is 449 g/mol. The minimum absolute atomic E-state index is 0.184. The van der Waals surface area contributed by atoms with Crippen LogP contribution in [-0.4, -0.2) is 30.8 Å². The molecule has 1 aliphatic rings. The molecule has 158 valence electrons. The highest BCUT2D eigenvalue weighted by Gasteiger charge is 2.30. The molecule has 5 nitrogen and oxygen atoms in total. The Morgan fingerprint density at radius 1 is 1.30 bits per heavy atom. The molecule has 0 radical (unpaired) electrons. The molecule has 2 aromatic rings. The van der Waals surface area contributed by atoms with Gasteiger partial charge in [-0.05, 0) is 69.7 Å². The Morgan fingerprint density at radius 3 is 2.67 bits per heavy atom. The Kier molecular flexibility index (Phi) is 6.61. The molecule has 3 rings (SSSR count). The Balaban J connectivity index is 1.68. The number of halogens is 2. The van der Waals surface area contributed by atoms with E-state index in [1.54, 1.807) is 18.2 Å². The molecule has 0 atom stereocenters. The number of carbonyl (C=O) groups is 1. The van der Waals surface area contributed by atoms with E-state index in [-0.39, 0.29) is 18.0 Å². The summed E-state index contributed by atoms with van der Waals surface area (Å²) in [4.78, 5) is 14.1. The molecule has 2 aromatic carbocycles. The van der Waals surface area contributed by atoms with Crippen molar-refractivity contribution in [2.24, 2.45) is 5.10 Å². The van der Waals surface area contributed by atoms with Crippen LogP contribution in [0.15, 0.2) is 52.0 Å². The van der Waals surface area contributed by atoms with Crippen LogP contribution in [0.3, 0.4) is 0 Å². The third-order valence-electron chi connectivity index (χ3n) is 4.99. The van der Waals surface area contributed by atoms with E-state index in [1.807, 2.05) is 19.1 Å². The summed E-state index contributed by atoms with van der Waals surface area (Å²) < 4.78 is 21.0. The van der Waals surface area contributed by atoms with E-state index in [4.69, 9.17) is 4.74 Å². The monoisotopic (exact) mass is 473 g/mol. The van der Waals surface area contributed by atoms with Gasteiger partial charge in [0.2, 0.25) is 0 Å². The molecule has 0 unspecified atom stereocenters. The zero-order valence-electron chi connectivity index (χ0n) is 17.5. The maximum absolute atomic E-state index is 14.7. The van der Waals surface area contributed by atoms with Crippen molar-refractivity contribution in [1.82, 2.24) is 5.43 Å². The van der Waals surface area contributed by atoms with Crippen molar-refractivity contribution in [2.75, 3.05) is 18.1 Å². The zero-order valence-corrected chi connectivity index (χ0v) is 19.1. The third-order valence-corrected chi connectivity index (χ3v) is 5.52. The van der Waals surface area contributed by atoms with Crippen LogP contribution in [0.2, 0.25) is 0 Å². The number of ether oxygens (including phenoxy) is 1. The van der Waals surface area contributed by atoms with E-state index in [9.17, 15) is 9.18 Å². The SMILES string of the molecule is CCN1c2cc(F)c(/C=N\NC(=O)COc3ccc(Br)cc3)cc2C(C)=CC1(C)C. The maximum Gasteiger partial charge on any atom is 0.277 e. The van der Waals surface area contributed by atoms with Crippen molar-refractivity contribution in [3.8, 4) is 5.75 Å². The zero-order chi connectivity index (χ0) is 21.9. The van der Waals surface area contributed by atoms with Gasteiger partial charge in [0.05, 0.1) is 11.8 Å². The van der Waals surface area contributed by atoms with Gasteiger partial charge in [0.1, 0.15) is 11.6 Å². The number of hydrogen-bond donors (Lipinski definition) is 1. The van der Waals surface area contributed by atoms with E-state index in [1.165, 1.54) is 12.3 Å². The van der Waals surface area contributed by atoms with Crippen molar-refractivity contribution in [3.05, 3.63) is 63.9 Å². The third kappa shape index (κ3) is 4.90. The molecule has 30 heavy (non-hydrogen) atoms. The lowest BCUT2D eigenvalue weighted by molar-refractivity contribution is -0.123. The van der Waals surface area contributed by atoms with Crippen molar-refractivity contribution >= 4 is 39.3 Å². The number of allylic oxidation sites excluding steroid dienone is 1.